The summed E-state index contributed by atoms with van der Waals surface area (Å²) in [7, 11) is 4.62. The lowest BCUT2D eigenvalue weighted by atomic mass is 9.71. The molecule has 0 bridgehead atoms. The smallest absolute Gasteiger partial charge is 0.336 e. The highest BCUT2D eigenvalue weighted by atomic mass is 16.6. The van der Waals surface area contributed by atoms with Crippen LogP contribution in [0.5, 0.6) is 11.5 Å². The molecule has 2 aromatic carbocycles. The number of nitro groups is 1. The van der Waals surface area contributed by atoms with Crippen molar-refractivity contribution in [3.63, 3.8) is 0 Å². The molecule has 10 heteroatoms. The molecule has 200 valence electrons. The summed E-state index contributed by atoms with van der Waals surface area (Å²) in [6.07, 6.45) is 0.706. The van der Waals surface area contributed by atoms with E-state index in [1.54, 1.807) is 33.3 Å². The van der Waals surface area contributed by atoms with Crippen molar-refractivity contribution in [3.8, 4) is 11.5 Å². The first kappa shape index (κ1) is 26.9. The highest BCUT2D eigenvalue weighted by molar-refractivity contribution is 6.04. The van der Waals surface area contributed by atoms with E-state index in [-0.39, 0.29) is 42.6 Å². The second kappa shape index (κ2) is 11.5. The van der Waals surface area contributed by atoms with E-state index in [4.69, 9.17) is 18.9 Å². The lowest BCUT2D eigenvalue weighted by molar-refractivity contribution is -0.384. The number of nitro benzene ring substituents is 1. The van der Waals surface area contributed by atoms with E-state index in [2.05, 4.69) is 5.32 Å². The number of allylic oxidation sites excluding steroid dienone is 3. The summed E-state index contributed by atoms with van der Waals surface area (Å²) in [6.45, 7) is 1.99. The minimum Gasteiger partial charge on any atom is -0.493 e. The van der Waals surface area contributed by atoms with Crippen LogP contribution in [0.4, 0.5) is 5.69 Å². The van der Waals surface area contributed by atoms with Crippen LogP contribution in [0.25, 0.3) is 0 Å². The van der Waals surface area contributed by atoms with Gasteiger partial charge < -0.3 is 24.3 Å². The van der Waals surface area contributed by atoms with Gasteiger partial charge in [-0.3, -0.25) is 14.9 Å². The van der Waals surface area contributed by atoms with Gasteiger partial charge in [-0.25, -0.2) is 4.79 Å². The van der Waals surface area contributed by atoms with Crippen LogP contribution in [0.15, 0.2) is 65.0 Å². The number of non-ortho nitro benzene ring substituents is 1. The van der Waals surface area contributed by atoms with E-state index in [1.807, 2.05) is 18.2 Å². The van der Waals surface area contributed by atoms with Crippen LogP contribution in [0.2, 0.25) is 0 Å². The SMILES string of the molecule is COCCOC(=O)C1=C(C)NC2=C(C(=O)C[C@H](c3ccc(OC)c(OC)c3)C2)[C@H]1c1cccc([N+](=O)[O-])c1. The molecule has 0 saturated carbocycles. The number of ether oxygens (including phenoxy) is 4. The Morgan fingerprint density at radius 1 is 1.03 bits per heavy atom. The predicted molar refractivity (Wildman–Crippen MR) is 138 cm³/mol. The third-order valence-electron chi connectivity index (χ3n) is 6.86. The number of Topliss-reactive ketones (excluding diaryl/α,β-unsaturated/α-hetero) is 1. The topological polar surface area (TPSA) is 126 Å². The number of hydrogen-bond acceptors (Lipinski definition) is 9. The monoisotopic (exact) mass is 522 g/mol. The lowest BCUT2D eigenvalue weighted by Gasteiger charge is -2.36. The first-order valence-electron chi connectivity index (χ1n) is 12.1. The number of nitrogens with one attached hydrogen (secondary N) is 1. The summed E-state index contributed by atoms with van der Waals surface area (Å²) in [6, 6.07) is 11.6. The molecule has 10 nitrogen and oxygen atoms in total. The molecule has 2 aromatic rings. The van der Waals surface area contributed by atoms with Crippen molar-refractivity contribution in [2.24, 2.45) is 0 Å². The number of carbonyl (C=O) groups is 2. The van der Waals surface area contributed by atoms with Gasteiger partial charge in [-0.15, -0.1) is 0 Å². The van der Waals surface area contributed by atoms with E-state index in [0.717, 1.165) is 5.56 Å². The second-order valence-electron chi connectivity index (χ2n) is 9.11. The molecule has 0 saturated heterocycles. The second-order valence-corrected chi connectivity index (χ2v) is 9.11. The maximum atomic E-state index is 13.7. The molecule has 1 aliphatic carbocycles. The largest absolute Gasteiger partial charge is 0.493 e. The maximum Gasteiger partial charge on any atom is 0.336 e. The Labute approximate surface area is 220 Å². The molecule has 0 spiro atoms. The summed E-state index contributed by atoms with van der Waals surface area (Å²) in [4.78, 5) is 38.0. The van der Waals surface area contributed by atoms with Gasteiger partial charge in [0.15, 0.2) is 17.3 Å². The molecule has 38 heavy (non-hydrogen) atoms. The average Bonchev–Trinajstić information content (AvgIpc) is 2.91. The van der Waals surface area contributed by atoms with Crippen molar-refractivity contribution >= 4 is 17.4 Å². The van der Waals surface area contributed by atoms with E-state index in [0.29, 0.717) is 40.5 Å². The molecule has 0 unspecified atom stereocenters. The molecule has 1 heterocycles. The molecular formula is C28H30N2O8. The van der Waals surface area contributed by atoms with Gasteiger partial charge in [-0.05, 0) is 42.5 Å². The number of rotatable bonds is 9. The van der Waals surface area contributed by atoms with Gasteiger partial charge in [0.2, 0.25) is 0 Å². The number of nitrogens with zero attached hydrogens (tertiary/aromatic N) is 1. The Morgan fingerprint density at radius 2 is 1.79 bits per heavy atom. The minimum atomic E-state index is -0.806. The van der Waals surface area contributed by atoms with Crippen LogP contribution >= 0.6 is 0 Å². The third kappa shape index (κ3) is 5.26. The summed E-state index contributed by atoms with van der Waals surface area (Å²) in [5.41, 5.74) is 3.16. The molecule has 0 aromatic heterocycles. The van der Waals surface area contributed by atoms with Crippen molar-refractivity contribution in [1.82, 2.24) is 5.32 Å². The molecule has 0 amide bonds. The van der Waals surface area contributed by atoms with Crippen LogP contribution in [-0.2, 0) is 19.1 Å². The van der Waals surface area contributed by atoms with E-state index in [1.165, 1.54) is 19.2 Å². The number of carbonyl (C=O) groups excluding carboxylic acids is 2. The van der Waals surface area contributed by atoms with E-state index < -0.39 is 16.8 Å². The zero-order valence-corrected chi connectivity index (χ0v) is 21.7. The van der Waals surface area contributed by atoms with Crippen molar-refractivity contribution in [2.45, 2.75) is 31.6 Å². The first-order valence-corrected chi connectivity index (χ1v) is 12.1. The van der Waals surface area contributed by atoms with Gasteiger partial charge in [-0.2, -0.15) is 0 Å². The van der Waals surface area contributed by atoms with Crippen LogP contribution < -0.4 is 14.8 Å². The predicted octanol–water partition coefficient (Wildman–Crippen LogP) is 4.16. The van der Waals surface area contributed by atoms with Crippen molar-refractivity contribution in [3.05, 3.63) is 86.2 Å². The molecule has 1 N–H and O–H groups in total. The van der Waals surface area contributed by atoms with Crippen molar-refractivity contribution in [2.75, 3.05) is 34.5 Å². The molecule has 0 fully saturated rings. The normalized spacial score (nSPS) is 19.0. The molecular weight excluding hydrogens is 492 g/mol. The Kier molecular flexibility index (Phi) is 8.11. The van der Waals surface area contributed by atoms with Gasteiger partial charge in [0.1, 0.15) is 6.61 Å². The fourth-order valence-electron chi connectivity index (χ4n) is 5.10. The van der Waals surface area contributed by atoms with Crippen molar-refractivity contribution < 1.29 is 33.5 Å². The van der Waals surface area contributed by atoms with Gasteiger partial charge in [-0.1, -0.05) is 18.2 Å². The fourth-order valence-corrected chi connectivity index (χ4v) is 5.10. The zero-order valence-electron chi connectivity index (χ0n) is 21.7. The highest BCUT2D eigenvalue weighted by Gasteiger charge is 2.42. The number of dihydropyridines is 1. The minimum absolute atomic E-state index is 0.0367. The van der Waals surface area contributed by atoms with Gasteiger partial charge in [0.05, 0.1) is 31.3 Å². The van der Waals surface area contributed by atoms with Crippen LogP contribution in [0.3, 0.4) is 0 Å². The Balaban J connectivity index is 1.77. The number of hydrogen-bond donors (Lipinski definition) is 1. The standard InChI is InChI=1S/C28H30N2O8/c1-16-25(28(32)38-11-10-35-2)26(18-6-5-7-20(12-18)30(33)34)27-21(29-16)13-19(14-22(27)31)17-8-9-23(36-3)24(15-17)37-4/h5-9,12,15,19,26,29H,10-11,13-14H2,1-4H3/t19-,26+/m1/s1. The Morgan fingerprint density at radius 3 is 2.47 bits per heavy atom. The van der Waals surface area contributed by atoms with Gasteiger partial charge in [0.25, 0.3) is 5.69 Å². The van der Waals surface area contributed by atoms with Crippen LogP contribution in [0.1, 0.15) is 42.7 Å². The summed E-state index contributed by atoms with van der Waals surface area (Å²) >= 11 is 0. The number of methoxy groups -OCH3 is 3. The highest BCUT2D eigenvalue weighted by Crippen LogP contribution is 2.46. The fraction of sp³-hybridized carbons (Fsp3) is 0.357. The lowest BCUT2D eigenvalue weighted by Crippen LogP contribution is -2.36. The van der Waals surface area contributed by atoms with Crippen LogP contribution in [0, 0.1) is 10.1 Å². The summed E-state index contributed by atoms with van der Waals surface area (Å²) in [5, 5.41) is 14.8. The molecule has 1 aliphatic heterocycles. The number of benzene rings is 2. The summed E-state index contributed by atoms with van der Waals surface area (Å²) in [5.74, 6) is -0.535. The number of esters is 1. The van der Waals surface area contributed by atoms with Crippen molar-refractivity contribution in [1.29, 1.82) is 0 Å². The zero-order chi connectivity index (χ0) is 27.4. The van der Waals surface area contributed by atoms with E-state index >= 15 is 0 Å². The molecule has 2 atom stereocenters. The molecule has 4 rings (SSSR count). The average molecular weight is 523 g/mol. The maximum absolute atomic E-state index is 13.7. The number of ketones is 1. The van der Waals surface area contributed by atoms with Crippen LogP contribution in [-0.4, -0.2) is 51.2 Å². The van der Waals surface area contributed by atoms with Gasteiger partial charge >= 0.3 is 5.97 Å². The Bertz CT molecular complexity index is 1330. The third-order valence-corrected chi connectivity index (χ3v) is 6.86. The van der Waals surface area contributed by atoms with E-state index in [9.17, 15) is 19.7 Å². The summed E-state index contributed by atoms with van der Waals surface area (Å²) < 4.78 is 21.2. The van der Waals surface area contributed by atoms with Gasteiger partial charge in [0, 0.05) is 48.5 Å². The molecule has 0 radical (unpaired) electrons. The Hall–Kier alpha value is -4.18. The quantitative estimate of drug-likeness (QED) is 0.223. The first-order chi connectivity index (χ1) is 18.3. The molecule has 2 aliphatic rings.